The predicted octanol–water partition coefficient (Wildman–Crippen LogP) is 4.14. The van der Waals surface area contributed by atoms with E-state index in [0.717, 1.165) is 12.1 Å². The smallest absolute Gasteiger partial charge is 0.304 e. The molecule has 2 aromatic carbocycles. The number of benzene rings is 2. The molecule has 0 amide bonds. The summed E-state index contributed by atoms with van der Waals surface area (Å²) in [5, 5.41) is 13.6. The second-order valence-electron chi connectivity index (χ2n) is 4.02. The highest BCUT2D eigenvalue weighted by atomic mass is 35.5. The van der Waals surface area contributed by atoms with E-state index in [1.165, 1.54) is 24.3 Å². The molecule has 0 spiro atoms. The first-order chi connectivity index (χ1) is 9.47. The molecule has 0 heterocycles. The molecule has 2 aromatic rings. The standard InChI is InChI=1S/C13H9ClF2N2O2/c14-9-2-3-10(15)12(6-9)17-7-8-1-4-13(18(19)20)11(16)5-8/h1-6,17H,7H2. The van der Waals surface area contributed by atoms with Gasteiger partial charge in [0.2, 0.25) is 5.82 Å². The van der Waals surface area contributed by atoms with Crippen LogP contribution in [-0.4, -0.2) is 4.92 Å². The Kier molecular flexibility index (Phi) is 4.14. The van der Waals surface area contributed by atoms with Crippen LogP contribution in [-0.2, 0) is 6.54 Å². The molecule has 4 nitrogen and oxygen atoms in total. The van der Waals surface area contributed by atoms with E-state index in [0.29, 0.717) is 10.6 Å². The highest BCUT2D eigenvalue weighted by Gasteiger charge is 2.13. The van der Waals surface area contributed by atoms with Crippen LogP contribution in [0.15, 0.2) is 36.4 Å². The number of nitro benzene ring substituents is 1. The zero-order valence-corrected chi connectivity index (χ0v) is 10.8. The van der Waals surface area contributed by atoms with Crippen molar-refractivity contribution >= 4 is 23.0 Å². The summed E-state index contributed by atoms with van der Waals surface area (Å²) in [4.78, 5) is 9.68. The lowest BCUT2D eigenvalue weighted by Crippen LogP contribution is -2.02. The molecule has 0 fully saturated rings. The Labute approximate surface area is 118 Å². The summed E-state index contributed by atoms with van der Waals surface area (Å²) in [6, 6.07) is 7.53. The summed E-state index contributed by atoms with van der Waals surface area (Å²) in [6.45, 7) is 0.117. The van der Waals surface area contributed by atoms with Crippen LogP contribution in [0.1, 0.15) is 5.56 Å². The van der Waals surface area contributed by atoms with E-state index in [4.69, 9.17) is 11.6 Å². The van der Waals surface area contributed by atoms with Crippen LogP contribution in [0.2, 0.25) is 5.02 Å². The van der Waals surface area contributed by atoms with Gasteiger partial charge in [0.25, 0.3) is 0 Å². The fourth-order valence-corrected chi connectivity index (χ4v) is 1.81. The minimum atomic E-state index is -0.930. The molecule has 0 aromatic heterocycles. The van der Waals surface area contributed by atoms with Gasteiger partial charge in [-0.1, -0.05) is 17.7 Å². The maximum absolute atomic E-state index is 13.4. The lowest BCUT2D eigenvalue weighted by atomic mass is 10.2. The third-order valence-electron chi connectivity index (χ3n) is 2.62. The SMILES string of the molecule is O=[N+]([O-])c1ccc(CNc2cc(Cl)ccc2F)cc1F. The normalized spacial score (nSPS) is 10.3. The highest BCUT2D eigenvalue weighted by molar-refractivity contribution is 6.30. The Morgan fingerprint density at radius 2 is 1.90 bits per heavy atom. The number of hydrogen-bond acceptors (Lipinski definition) is 3. The Bertz CT molecular complexity index is 665. The largest absolute Gasteiger partial charge is 0.379 e. The zero-order chi connectivity index (χ0) is 14.7. The number of nitrogens with one attached hydrogen (secondary N) is 1. The number of rotatable bonds is 4. The van der Waals surface area contributed by atoms with Crippen molar-refractivity contribution in [2.75, 3.05) is 5.32 Å². The van der Waals surface area contributed by atoms with Crippen LogP contribution < -0.4 is 5.32 Å². The first kappa shape index (κ1) is 14.2. The number of nitrogens with zero attached hydrogens (tertiary/aromatic N) is 1. The van der Waals surface area contributed by atoms with Crippen molar-refractivity contribution in [2.45, 2.75) is 6.54 Å². The van der Waals surface area contributed by atoms with E-state index in [2.05, 4.69) is 5.32 Å². The molecule has 0 atom stereocenters. The van der Waals surface area contributed by atoms with Crippen LogP contribution in [0.25, 0.3) is 0 Å². The number of anilines is 1. The van der Waals surface area contributed by atoms with Crippen LogP contribution in [0.4, 0.5) is 20.2 Å². The maximum atomic E-state index is 13.4. The van der Waals surface area contributed by atoms with Gasteiger partial charge in [-0.25, -0.2) is 4.39 Å². The van der Waals surface area contributed by atoms with Gasteiger partial charge in [0.05, 0.1) is 10.6 Å². The molecule has 104 valence electrons. The van der Waals surface area contributed by atoms with Crippen molar-refractivity contribution in [3.05, 3.63) is 68.7 Å². The molecular weight excluding hydrogens is 290 g/mol. The van der Waals surface area contributed by atoms with Gasteiger partial charge in [0, 0.05) is 17.6 Å². The second kappa shape index (κ2) is 5.83. The van der Waals surface area contributed by atoms with Gasteiger partial charge in [0.1, 0.15) is 5.82 Å². The van der Waals surface area contributed by atoms with E-state index in [9.17, 15) is 18.9 Å². The quantitative estimate of drug-likeness (QED) is 0.682. The number of halogens is 3. The Morgan fingerprint density at radius 3 is 2.55 bits per heavy atom. The van der Waals surface area contributed by atoms with Crippen molar-refractivity contribution in [3.63, 3.8) is 0 Å². The van der Waals surface area contributed by atoms with E-state index < -0.39 is 22.2 Å². The fraction of sp³-hybridized carbons (Fsp3) is 0.0769. The van der Waals surface area contributed by atoms with Gasteiger partial charge in [-0.3, -0.25) is 10.1 Å². The summed E-state index contributed by atoms with van der Waals surface area (Å²) < 4.78 is 26.8. The monoisotopic (exact) mass is 298 g/mol. The molecule has 0 aliphatic rings. The van der Waals surface area contributed by atoms with Crippen LogP contribution >= 0.6 is 11.6 Å². The van der Waals surface area contributed by atoms with E-state index in [1.807, 2.05) is 0 Å². The molecule has 7 heteroatoms. The molecule has 0 bridgehead atoms. The summed E-state index contributed by atoms with van der Waals surface area (Å²) in [7, 11) is 0. The van der Waals surface area contributed by atoms with Gasteiger partial charge in [-0.2, -0.15) is 4.39 Å². The van der Waals surface area contributed by atoms with Crippen LogP contribution in [0.5, 0.6) is 0 Å². The van der Waals surface area contributed by atoms with Crippen molar-refractivity contribution in [2.24, 2.45) is 0 Å². The lowest BCUT2D eigenvalue weighted by Gasteiger charge is -2.08. The fourth-order valence-electron chi connectivity index (χ4n) is 1.64. The van der Waals surface area contributed by atoms with Gasteiger partial charge in [0.15, 0.2) is 0 Å². The van der Waals surface area contributed by atoms with Gasteiger partial charge >= 0.3 is 5.69 Å². The summed E-state index contributed by atoms with van der Waals surface area (Å²) in [5.74, 6) is -1.42. The average Bonchev–Trinajstić information content (AvgIpc) is 2.39. The van der Waals surface area contributed by atoms with E-state index in [1.54, 1.807) is 0 Å². The highest BCUT2D eigenvalue weighted by Crippen LogP contribution is 2.22. The summed E-state index contributed by atoms with van der Waals surface area (Å²) in [5.41, 5.74) is 0.0337. The van der Waals surface area contributed by atoms with Crippen molar-refractivity contribution in [1.29, 1.82) is 0 Å². The summed E-state index contributed by atoms with van der Waals surface area (Å²) in [6.07, 6.45) is 0. The first-order valence-corrected chi connectivity index (χ1v) is 5.97. The lowest BCUT2D eigenvalue weighted by molar-refractivity contribution is -0.387. The summed E-state index contributed by atoms with van der Waals surface area (Å²) >= 11 is 5.74. The zero-order valence-electron chi connectivity index (χ0n) is 10.1. The Morgan fingerprint density at radius 1 is 1.15 bits per heavy atom. The molecule has 2 rings (SSSR count). The molecule has 0 aliphatic heterocycles. The number of nitro groups is 1. The van der Waals surface area contributed by atoms with Gasteiger partial charge in [-0.05, 0) is 29.8 Å². The molecule has 0 saturated carbocycles. The number of hydrogen-bond donors (Lipinski definition) is 1. The van der Waals surface area contributed by atoms with Gasteiger partial charge < -0.3 is 5.32 Å². The first-order valence-electron chi connectivity index (χ1n) is 5.59. The Hall–Kier alpha value is -2.21. The third kappa shape index (κ3) is 3.21. The molecular formula is C13H9ClF2N2O2. The van der Waals surface area contributed by atoms with Crippen molar-refractivity contribution < 1.29 is 13.7 Å². The third-order valence-corrected chi connectivity index (χ3v) is 2.86. The maximum Gasteiger partial charge on any atom is 0.304 e. The van der Waals surface area contributed by atoms with E-state index >= 15 is 0 Å². The minimum Gasteiger partial charge on any atom is -0.379 e. The molecule has 0 aliphatic carbocycles. The van der Waals surface area contributed by atoms with Crippen molar-refractivity contribution in [1.82, 2.24) is 0 Å². The predicted molar refractivity (Wildman–Crippen MR) is 71.8 cm³/mol. The Balaban J connectivity index is 2.13. The van der Waals surface area contributed by atoms with Crippen LogP contribution in [0.3, 0.4) is 0 Å². The molecule has 20 heavy (non-hydrogen) atoms. The molecule has 0 saturated heterocycles. The molecule has 0 unspecified atom stereocenters. The molecule has 1 N–H and O–H groups in total. The van der Waals surface area contributed by atoms with E-state index in [-0.39, 0.29) is 12.2 Å². The second-order valence-corrected chi connectivity index (χ2v) is 4.46. The average molecular weight is 299 g/mol. The topological polar surface area (TPSA) is 55.2 Å². The van der Waals surface area contributed by atoms with Crippen LogP contribution in [0, 0.1) is 21.7 Å². The van der Waals surface area contributed by atoms with Gasteiger partial charge in [-0.15, -0.1) is 0 Å². The molecule has 0 radical (unpaired) electrons. The van der Waals surface area contributed by atoms with Crippen molar-refractivity contribution in [3.8, 4) is 0 Å². The minimum absolute atomic E-state index is 0.117.